The number of sulfonamides is 1. The van der Waals surface area contributed by atoms with E-state index >= 15 is 0 Å². The Bertz CT molecular complexity index is 1030. The maximum absolute atomic E-state index is 13.1. The number of carbonyl (C=O) groups excluding carboxylic acids is 1. The van der Waals surface area contributed by atoms with Gasteiger partial charge in [0.1, 0.15) is 4.90 Å². The lowest BCUT2D eigenvalue weighted by Crippen LogP contribution is -2.46. The van der Waals surface area contributed by atoms with Gasteiger partial charge in [0.15, 0.2) is 0 Å². The first-order valence-electron chi connectivity index (χ1n) is 11.1. The van der Waals surface area contributed by atoms with Gasteiger partial charge in [-0.05, 0) is 55.7 Å². The van der Waals surface area contributed by atoms with Crippen LogP contribution in [0.25, 0.3) is 0 Å². The van der Waals surface area contributed by atoms with E-state index in [2.05, 4.69) is 24.3 Å². The Labute approximate surface area is 200 Å². The molecule has 0 saturated carbocycles. The SMILES string of the molecule is O=C(C1CCN(S(=O)(=O)c2c(Cl)cccc2Cl)CC1)N1CCC(Cc2ccccc2)CC1. The summed E-state index contributed by atoms with van der Waals surface area (Å²) in [6.45, 7) is 2.16. The average Bonchev–Trinajstić information content (AvgIpc) is 2.80. The fraction of sp³-hybridized carbons (Fsp3) is 0.458. The Morgan fingerprint density at radius 2 is 1.44 bits per heavy atom. The molecule has 2 aliphatic rings. The molecule has 1 amide bonds. The maximum atomic E-state index is 13.1. The van der Waals surface area contributed by atoms with Gasteiger partial charge < -0.3 is 4.90 Å². The Morgan fingerprint density at radius 1 is 0.844 bits per heavy atom. The summed E-state index contributed by atoms with van der Waals surface area (Å²) in [6.07, 6.45) is 4.12. The van der Waals surface area contributed by atoms with Gasteiger partial charge in [-0.1, -0.05) is 59.6 Å². The van der Waals surface area contributed by atoms with E-state index in [-0.39, 0.29) is 26.8 Å². The molecule has 2 fully saturated rings. The van der Waals surface area contributed by atoms with E-state index in [9.17, 15) is 13.2 Å². The van der Waals surface area contributed by atoms with Crippen LogP contribution in [0.3, 0.4) is 0 Å². The molecule has 0 radical (unpaired) electrons. The minimum atomic E-state index is -3.79. The third kappa shape index (κ3) is 5.14. The number of nitrogens with zero attached hydrogens (tertiary/aromatic N) is 2. The number of likely N-dealkylation sites (tertiary alicyclic amines) is 1. The van der Waals surface area contributed by atoms with Crippen molar-refractivity contribution in [1.29, 1.82) is 0 Å². The van der Waals surface area contributed by atoms with Crippen molar-refractivity contribution >= 4 is 39.1 Å². The van der Waals surface area contributed by atoms with Crippen molar-refractivity contribution in [3.63, 3.8) is 0 Å². The number of amides is 1. The Balaban J connectivity index is 1.30. The van der Waals surface area contributed by atoms with E-state index in [1.807, 2.05) is 11.0 Å². The molecule has 5 nitrogen and oxygen atoms in total. The lowest BCUT2D eigenvalue weighted by atomic mass is 9.89. The summed E-state index contributed by atoms with van der Waals surface area (Å²) >= 11 is 12.3. The topological polar surface area (TPSA) is 57.7 Å². The van der Waals surface area contributed by atoms with Gasteiger partial charge in [-0.25, -0.2) is 8.42 Å². The Hall–Kier alpha value is -1.60. The van der Waals surface area contributed by atoms with E-state index in [0.717, 1.165) is 32.4 Å². The number of rotatable bonds is 5. The van der Waals surface area contributed by atoms with Gasteiger partial charge in [-0.2, -0.15) is 4.31 Å². The van der Waals surface area contributed by atoms with Gasteiger partial charge in [0.25, 0.3) is 0 Å². The largest absolute Gasteiger partial charge is 0.342 e. The summed E-state index contributed by atoms with van der Waals surface area (Å²) in [7, 11) is -3.79. The molecule has 0 aliphatic carbocycles. The van der Waals surface area contributed by atoms with E-state index in [1.165, 1.54) is 22.0 Å². The van der Waals surface area contributed by atoms with Gasteiger partial charge >= 0.3 is 0 Å². The number of hydrogen-bond donors (Lipinski definition) is 0. The first-order chi connectivity index (χ1) is 15.4. The zero-order valence-electron chi connectivity index (χ0n) is 17.9. The van der Waals surface area contributed by atoms with Gasteiger partial charge in [-0.3, -0.25) is 4.79 Å². The summed E-state index contributed by atoms with van der Waals surface area (Å²) in [6, 6.07) is 15.2. The van der Waals surface area contributed by atoms with Crippen molar-refractivity contribution in [3.05, 3.63) is 64.1 Å². The second kappa shape index (κ2) is 10.1. The molecule has 0 unspecified atom stereocenters. The van der Waals surface area contributed by atoms with Gasteiger partial charge in [-0.15, -0.1) is 0 Å². The van der Waals surface area contributed by atoms with E-state index in [0.29, 0.717) is 31.8 Å². The molecule has 172 valence electrons. The number of hydrogen-bond acceptors (Lipinski definition) is 3. The molecule has 0 atom stereocenters. The van der Waals surface area contributed by atoms with Crippen LogP contribution in [0.4, 0.5) is 0 Å². The van der Waals surface area contributed by atoms with Crippen LogP contribution in [0.1, 0.15) is 31.2 Å². The third-order valence-corrected chi connectivity index (χ3v) is 9.47. The lowest BCUT2D eigenvalue weighted by Gasteiger charge is -2.37. The molecular formula is C24H28Cl2N2O3S. The summed E-state index contributed by atoms with van der Waals surface area (Å²) in [4.78, 5) is 15.0. The predicted octanol–water partition coefficient (Wildman–Crippen LogP) is 4.88. The fourth-order valence-electron chi connectivity index (χ4n) is 4.76. The first kappa shape index (κ1) is 23.6. The van der Waals surface area contributed by atoms with Crippen LogP contribution in [0, 0.1) is 11.8 Å². The number of piperidine rings is 2. The molecular weight excluding hydrogens is 467 g/mol. The summed E-state index contributed by atoms with van der Waals surface area (Å²) in [5.41, 5.74) is 1.35. The standard InChI is InChI=1S/C24H28Cl2N2O3S/c25-21-7-4-8-22(26)23(21)32(30,31)28-15-11-20(12-16-28)24(29)27-13-9-19(10-14-27)17-18-5-2-1-3-6-18/h1-8,19-20H,9-17H2. The molecule has 32 heavy (non-hydrogen) atoms. The lowest BCUT2D eigenvalue weighted by molar-refractivity contribution is -0.138. The van der Waals surface area contributed by atoms with Gasteiger partial charge in [0, 0.05) is 32.1 Å². The predicted molar refractivity (Wildman–Crippen MR) is 127 cm³/mol. The molecule has 0 aromatic heterocycles. The number of carbonyl (C=O) groups is 1. The molecule has 2 aliphatic heterocycles. The highest BCUT2D eigenvalue weighted by Gasteiger charge is 2.36. The third-order valence-electron chi connectivity index (χ3n) is 6.61. The van der Waals surface area contributed by atoms with Crippen LogP contribution >= 0.6 is 23.2 Å². The van der Waals surface area contributed by atoms with Crippen molar-refractivity contribution in [2.24, 2.45) is 11.8 Å². The zero-order chi connectivity index (χ0) is 22.7. The van der Waals surface area contributed by atoms with Crippen molar-refractivity contribution in [2.75, 3.05) is 26.2 Å². The minimum Gasteiger partial charge on any atom is -0.342 e. The first-order valence-corrected chi connectivity index (χ1v) is 13.3. The fourth-order valence-corrected chi connectivity index (χ4v) is 7.33. The molecule has 0 spiro atoms. The summed E-state index contributed by atoms with van der Waals surface area (Å²) in [5, 5.41) is 0.239. The summed E-state index contributed by atoms with van der Waals surface area (Å²) < 4.78 is 27.5. The van der Waals surface area contributed by atoms with Crippen LogP contribution in [-0.4, -0.2) is 49.7 Å². The van der Waals surface area contributed by atoms with Crippen LogP contribution in [0.2, 0.25) is 10.0 Å². The van der Waals surface area contributed by atoms with Crippen molar-refractivity contribution in [3.8, 4) is 0 Å². The minimum absolute atomic E-state index is 0.0476. The Kier molecular flexibility index (Phi) is 7.45. The second-order valence-electron chi connectivity index (χ2n) is 8.69. The monoisotopic (exact) mass is 494 g/mol. The normalized spacial score (nSPS) is 19.2. The van der Waals surface area contributed by atoms with Gasteiger partial charge in [0.05, 0.1) is 10.0 Å². The molecule has 2 aromatic rings. The molecule has 4 rings (SSSR count). The second-order valence-corrected chi connectivity index (χ2v) is 11.4. The molecule has 0 bridgehead atoms. The molecule has 2 aromatic carbocycles. The molecule has 8 heteroatoms. The highest BCUT2D eigenvalue weighted by atomic mass is 35.5. The van der Waals surface area contributed by atoms with Crippen LogP contribution in [0.15, 0.2) is 53.4 Å². The Morgan fingerprint density at radius 3 is 2.03 bits per heavy atom. The molecule has 0 N–H and O–H groups in total. The van der Waals surface area contributed by atoms with E-state index in [1.54, 1.807) is 6.07 Å². The molecule has 2 heterocycles. The van der Waals surface area contributed by atoms with Crippen molar-refractivity contribution in [1.82, 2.24) is 9.21 Å². The molecule has 2 saturated heterocycles. The van der Waals surface area contributed by atoms with Crippen LogP contribution in [0.5, 0.6) is 0 Å². The highest BCUT2D eigenvalue weighted by Crippen LogP contribution is 2.34. The smallest absolute Gasteiger partial charge is 0.246 e. The number of halogens is 2. The average molecular weight is 495 g/mol. The van der Waals surface area contributed by atoms with E-state index in [4.69, 9.17) is 23.2 Å². The van der Waals surface area contributed by atoms with E-state index < -0.39 is 10.0 Å². The quantitative estimate of drug-likeness (QED) is 0.595. The zero-order valence-corrected chi connectivity index (χ0v) is 20.2. The van der Waals surface area contributed by atoms with Gasteiger partial charge in [0.2, 0.25) is 15.9 Å². The van der Waals surface area contributed by atoms with Crippen molar-refractivity contribution < 1.29 is 13.2 Å². The number of benzene rings is 2. The van der Waals surface area contributed by atoms with Crippen LogP contribution < -0.4 is 0 Å². The summed E-state index contributed by atoms with van der Waals surface area (Å²) in [5.74, 6) is 0.638. The van der Waals surface area contributed by atoms with Crippen molar-refractivity contribution in [2.45, 2.75) is 37.0 Å². The maximum Gasteiger partial charge on any atom is 0.246 e. The van der Waals surface area contributed by atoms with Crippen LogP contribution in [-0.2, 0) is 21.2 Å². The highest BCUT2D eigenvalue weighted by molar-refractivity contribution is 7.89.